The number of fused-ring (bicyclic) bond motifs is 3. The maximum Gasteiger partial charge on any atom is 0.118 e. The molecule has 0 amide bonds. The Morgan fingerprint density at radius 3 is 1.42 bits per heavy atom. The van der Waals surface area contributed by atoms with Crippen LogP contribution in [-0.4, -0.2) is 18.8 Å². The molecular formula is C33H27NO2. The molecule has 0 saturated carbocycles. The van der Waals surface area contributed by atoms with Gasteiger partial charge in [0.05, 0.1) is 25.3 Å². The van der Waals surface area contributed by atoms with Gasteiger partial charge in [-0.15, -0.1) is 0 Å². The van der Waals surface area contributed by atoms with E-state index >= 15 is 0 Å². The summed E-state index contributed by atoms with van der Waals surface area (Å²) in [4.78, 5) is 0. The number of ether oxygens (including phenoxy) is 2. The van der Waals surface area contributed by atoms with Gasteiger partial charge in [0, 0.05) is 16.5 Å². The van der Waals surface area contributed by atoms with E-state index in [9.17, 15) is 0 Å². The SMILES string of the molecule is COc1ccc(-c2ccc3c(c2)c2cc(-c4ccc(OC)cc4)ccc2n3-c2cccc(C)c2)cc1. The summed E-state index contributed by atoms with van der Waals surface area (Å²) in [7, 11) is 3.39. The first kappa shape index (κ1) is 22.0. The summed E-state index contributed by atoms with van der Waals surface area (Å²) >= 11 is 0. The van der Waals surface area contributed by atoms with E-state index in [4.69, 9.17) is 9.47 Å². The lowest BCUT2D eigenvalue weighted by Gasteiger charge is -2.10. The van der Waals surface area contributed by atoms with Crippen molar-refractivity contribution in [3.05, 3.63) is 115 Å². The molecule has 5 aromatic carbocycles. The van der Waals surface area contributed by atoms with Crippen LogP contribution in [0, 0.1) is 6.92 Å². The zero-order valence-corrected chi connectivity index (χ0v) is 20.7. The van der Waals surface area contributed by atoms with Gasteiger partial charge in [0.1, 0.15) is 11.5 Å². The Kier molecular flexibility index (Phi) is 5.46. The molecule has 1 aromatic heterocycles. The average Bonchev–Trinajstić information content (AvgIpc) is 3.26. The standard InChI is InChI=1S/C33H27NO2/c1-22-5-4-6-27(19-22)34-32-17-11-25(23-7-13-28(35-2)14-8-23)20-30(32)31-21-26(12-18-33(31)34)24-9-15-29(36-3)16-10-24/h4-21H,1-3H3. The van der Waals surface area contributed by atoms with Crippen molar-refractivity contribution in [2.24, 2.45) is 0 Å². The van der Waals surface area contributed by atoms with Gasteiger partial charge in [0.15, 0.2) is 0 Å². The van der Waals surface area contributed by atoms with Crippen molar-refractivity contribution in [3.63, 3.8) is 0 Å². The van der Waals surface area contributed by atoms with Crippen LogP contribution in [0.15, 0.2) is 109 Å². The molecule has 3 nitrogen and oxygen atoms in total. The Morgan fingerprint density at radius 1 is 0.500 bits per heavy atom. The maximum atomic E-state index is 5.35. The highest BCUT2D eigenvalue weighted by atomic mass is 16.5. The highest BCUT2D eigenvalue weighted by Gasteiger charge is 2.15. The van der Waals surface area contributed by atoms with Gasteiger partial charge in [-0.1, -0.05) is 48.5 Å². The maximum absolute atomic E-state index is 5.35. The van der Waals surface area contributed by atoms with E-state index in [1.807, 2.05) is 24.3 Å². The van der Waals surface area contributed by atoms with Crippen LogP contribution in [0.2, 0.25) is 0 Å². The minimum atomic E-state index is 0.861. The van der Waals surface area contributed by atoms with Crippen molar-refractivity contribution in [1.29, 1.82) is 0 Å². The van der Waals surface area contributed by atoms with Crippen molar-refractivity contribution in [2.75, 3.05) is 14.2 Å². The molecule has 0 fully saturated rings. The smallest absolute Gasteiger partial charge is 0.118 e. The lowest BCUT2D eigenvalue weighted by atomic mass is 10.00. The first-order valence-electron chi connectivity index (χ1n) is 12.1. The van der Waals surface area contributed by atoms with Crippen LogP contribution in [0.4, 0.5) is 0 Å². The van der Waals surface area contributed by atoms with Crippen LogP contribution in [0.1, 0.15) is 5.56 Å². The minimum Gasteiger partial charge on any atom is -0.497 e. The normalized spacial score (nSPS) is 11.2. The van der Waals surface area contributed by atoms with Crippen LogP contribution in [0.25, 0.3) is 49.7 Å². The summed E-state index contributed by atoms with van der Waals surface area (Å²) < 4.78 is 13.1. The zero-order valence-electron chi connectivity index (χ0n) is 20.7. The molecule has 0 unspecified atom stereocenters. The van der Waals surface area contributed by atoms with E-state index in [0.29, 0.717) is 0 Å². The lowest BCUT2D eigenvalue weighted by Crippen LogP contribution is -1.94. The van der Waals surface area contributed by atoms with Gasteiger partial charge in [-0.25, -0.2) is 0 Å². The summed E-state index contributed by atoms with van der Waals surface area (Å²) in [6.07, 6.45) is 0. The van der Waals surface area contributed by atoms with E-state index in [1.165, 1.54) is 55.3 Å². The predicted molar refractivity (Wildman–Crippen MR) is 149 cm³/mol. The zero-order chi connectivity index (χ0) is 24.6. The van der Waals surface area contributed by atoms with Gasteiger partial charge in [-0.3, -0.25) is 0 Å². The van der Waals surface area contributed by atoms with E-state index in [2.05, 4.69) is 96.4 Å². The van der Waals surface area contributed by atoms with Crippen molar-refractivity contribution < 1.29 is 9.47 Å². The third-order valence-electron chi connectivity index (χ3n) is 6.87. The second-order valence-electron chi connectivity index (χ2n) is 9.10. The molecule has 0 radical (unpaired) electrons. The minimum absolute atomic E-state index is 0.861. The molecule has 3 heteroatoms. The summed E-state index contributed by atoms with van der Waals surface area (Å²) in [5.41, 5.74) is 9.50. The van der Waals surface area contributed by atoms with Gasteiger partial charge < -0.3 is 14.0 Å². The second kappa shape index (κ2) is 8.94. The van der Waals surface area contributed by atoms with E-state index in [1.54, 1.807) is 14.2 Å². The molecule has 0 N–H and O–H groups in total. The Morgan fingerprint density at radius 2 is 0.972 bits per heavy atom. The third kappa shape index (κ3) is 3.79. The van der Waals surface area contributed by atoms with E-state index < -0.39 is 0 Å². The quantitative estimate of drug-likeness (QED) is 0.253. The van der Waals surface area contributed by atoms with Gasteiger partial charge in [-0.05, 0) is 95.4 Å². The number of hydrogen-bond acceptors (Lipinski definition) is 2. The number of methoxy groups -OCH3 is 2. The number of rotatable bonds is 5. The summed E-state index contributed by atoms with van der Waals surface area (Å²) in [6, 6.07) is 38.7. The van der Waals surface area contributed by atoms with Gasteiger partial charge in [-0.2, -0.15) is 0 Å². The fraction of sp³-hybridized carbons (Fsp3) is 0.0909. The molecule has 36 heavy (non-hydrogen) atoms. The topological polar surface area (TPSA) is 23.4 Å². The molecule has 0 saturated heterocycles. The summed E-state index contributed by atoms with van der Waals surface area (Å²) in [6.45, 7) is 2.14. The molecule has 0 aliphatic rings. The van der Waals surface area contributed by atoms with E-state index in [-0.39, 0.29) is 0 Å². The summed E-state index contributed by atoms with van der Waals surface area (Å²) in [5.74, 6) is 1.72. The van der Waals surface area contributed by atoms with E-state index in [0.717, 1.165) is 11.5 Å². The first-order chi connectivity index (χ1) is 17.6. The average molecular weight is 470 g/mol. The monoisotopic (exact) mass is 469 g/mol. The Labute approximate surface area is 211 Å². The van der Waals surface area contributed by atoms with Gasteiger partial charge in [0.25, 0.3) is 0 Å². The molecule has 1 heterocycles. The highest BCUT2D eigenvalue weighted by molar-refractivity contribution is 6.11. The van der Waals surface area contributed by atoms with Crippen LogP contribution in [0.5, 0.6) is 11.5 Å². The number of aromatic nitrogens is 1. The molecule has 0 spiro atoms. The number of aryl methyl sites for hydroxylation is 1. The fourth-order valence-corrected chi connectivity index (χ4v) is 4.99. The second-order valence-corrected chi connectivity index (χ2v) is 9.10. The molecule has 6 aromatic rings. The van der Waals surface area contributed by atoms with Crippen molar-refractivity contribution in [2.45, 2.75) is 6.92 Å². The first-order valence-corrected chi connectivity index (χ1v) is 12.1. The van der Waals surface area contributed by atoms with Crippen LogP contribution < -0.4 is 9.47 Å². The van der Waals surface area contributed by atoms with Gasteiger partial charge in [0.2, 0.25) is 0 Å². The van der Waals surface area contributed by atoms with Crippen molar-refractivity contribution >= 4 is 21.8 Å². The number of hydrogen-bond donors (Lipinski definition) is 0. The molecule has 0 aliphatic carbocycles. The fourth-order valence-electron chi connectivity index (χ4n) is 4.99. The number of benzene rings is 5. The molecule has 0 aliphatic heterocycles. The number of nitrogens with zero attached hydrogens (tertiary/aromatic N) is 1. The largest absolute Gasteiger partial charge is 0.497 e. The lowest BCUT2D eigenvalue weighted by molar-refractivity contribution is 0.415. The predicted octanol–water partition coefficient (Wildman–Crippen LogP) is 8.44. The van der Waals surface area contributed by atoms with Crippen LogP contribution in [-0.2, 0) is 0 Å². The molecule has 0 bridgehead atoms. The van der Waals surface area contributed by atoms with Crippen LogP contribution in [0.3, 0.4) is 0 Å². The highest BCUT2D eigenvalue weighted by Crippen LogP contribution is 2.37. The molecular weight excluding hydrogens is 442 g/mol. The van der Waals surface area contributed by atoms with Crippen LogP contribution >= 0.6 is 0 Å². The summed E-state index contributed by atoms with van der Waals surface area (Å²) in [5, 5.41) is 2.46. The molecule has 0 atom stereocenters. The van der Waals surface area contributed by atoms with Crippen molar-refractivity contribution in [1.82, 2.24) is 4.57 Å². The third-order valence-corrected chi connectivity index (χ3v) is 6.87. The molecule has 6 rings (SSSR count). The molecule has 176 valence electrons. The Hall–Kier alpha value is -4.50. The Bertz CT molecular complexity index is 1590. The van der Waals surface area contributed by atoms with Gasteiger partial charge >= 0.3 is 0 Å². The van der Waals surface area contributed by atoms with Crippen molar-refractivity contribution in [3.8, 4) is 39.4 Å². The Balaban J connectivity index is 1.59.